The van der Waals surface area contributed by atoms with Crippen molar-refractivity contribution in [2.24, 2.45) is 0 Å². The van der Waals surface area contributed by atoms with E-state index in [-0.39, 0.29) is 12.2 Å². The molecule has 1 aromatic carbocycles. The van der Waals surface area contributed by atoms with E-state index in [4.69, 9.17) is 0 Å². The lowest BCUT2D eigenvalue weighted by Gasteiger charge is -2.17. The Hall–Kier alpha value is -1.95. The van der Waals surface area contributed by atoms with Gasteiger partial charge in [0.05, 0.1) is 5.69 Å². The Kier molecular flexibility index (Phi) is 3.80. The van der Waals surface area contributed by atoms with Gasteiger partial charge in [-0.1, -0.05) is 25.5 Å². The zero-order chi connectivity index (χ0) is 14.0. The summed E-state index contributed by atoms with van der Waals surface area (Å²) >= 11 is 0. The molecule has 2 rings (SSSR count). The molecule has 0 saturated carbocycles. The lowest BCUT2D eigenvalue weighted by Crippen LogP contribution is -2.35. The molecule has 5 nitrogen and oxygen atoms in total. The largest absolute Gasteiger partial charge is 0.365 e. The van der Waals surface area contributed by atoms with Crippen LogP contribution in [0.15, 0.2) is 24.3 Å². The molecule has 1 heterocycles. The fraction of sp³-hybridized carbons (Fsp3) is 0.385. The third-order valence-electron chi connectivity index (χ3n) is 3.02. The second kappa shape index (κ2) is 5.36. The molecular formula is C13H15FN2O3. The number of para-hydroxylation sites is 1. The molecule has 1 aliphatic rings. The van der Waals surface area contributed by atoms with Gasteiger partial charge in [-0.15, -0.1) is 0 Å². The molecule has 102 valence electrons. The fourth-order valence-corrected chi connectivity index (χ4v) is 1.98. The number of halogens is 1. The summed E-state index contributed by atoms with van der Waals surface area (Å²) in [5, 5.41) is 9.77. The molecule has 1 saturated heterocycles. The highest BCUT2D eigenvalue weighted by Crippen LogP contribution is 2.26. The number of urea groups is 1. The monoisotopic (exact) mass is 266 g/mol. The van der Waals surface area contributed by atoms with Gasteiger partial charge in [0.15, 0.2) is 0 Å². The quantitative estimate of drug-likeness (QED) is 0.844. The van der Waals surface area contributed by atoms with E-state index in [0.29, 0.717) is 11.3 Å². The Labute approximate surface area is 110 Å². The number of hydrogen-bond acceptors (Lipinski definition) is 3. The predicted octanol–water partition coefficient (Wildman–Crippen LogP) is 1.71. The van der Waals surface area contributed by atoms with Crippen molar-refractivity contribution in [2.45, 2.75) is 26.0 Å². The van der Waals surface area contributed by atoms with Crippen molar-refractivity contribution < 1.29 is 19.1 Å². The number of imide groups is 1. The highest BCUT2D eigenvalue weighted by molar-refractivity contribution is 6.20. The smallest absolute Gasteiger partial charge is 0.334 e. The van der Waals surface area contributed by atoms with Gasteiger partial charge in [-0.05, 0) is 18.6 Å². The fourth-order valence-electron chi connectivity index (χ4n) is 1.98. The Bertz CT molecular complexity index is 506. The molecule has 0 bridgehead atoms. The molecule has 1 N–H and O–H groups in total. The molecule has 0 aliphatic carbocycles. The normalized spacial score (nSPS) is 19.4. The Morgan fingerprint density at radius 3 is 2.63 bits per heavy atom. The number of benzene rings is 1. The standard InChI is InChI=1S/C13H15FN2O3/c1-2-3-8-15-11(17)12(18)16(13(15)19)10-7-5-4-6-9(10)14/h4-7,11,17H,2-3,8H2,1H3. The molecular weight excluding hydrogens is 251 g/mol. The molecule has 3 amide bonds. The number of unbranched alkanes of at least 4 members (excludes halogenated alkanes) is 1. The van der Waals surface area contributed by atoms with Gasteiger partial charge in [0.1, 0.15) is 5.82 Å². The van der Waals surface area contributed by atoms with Crippen LogP contribution in [0.5, 0.6) is 0 Å². The highest BCUT2D eigenvalue weighted by atomic mass is 19.1. The van der Waals surface area contributed by atoms with Crippen molar-refractivity contribution in [2.75, 3.05) is 11.4 Å². The first-order valence-corrected chi connectivity index (χ1v) is 6.15. The maximum absolute atomic E-state index is 13.6. The molecule has 0 aromatic heterocycles. The summed E-state index contributed by atoms with van der Waals surface area (Å²) in [5.74, 6) is -1.49. The van der Waals surface area contributed by atoms with Crippen molar-refractivity contribution in [3.05, 3.63) is 30.1 Å². The van der Waals surface area contributed by atoms with E-state index in [1.165, 1.54) is 18.2 Å². The van der Waals surface area contributed by atoms with Crippen molar-refractivity contribution in [3.63, 3.8) is 0 Å². The molecule has 1 atom stereocenters. The van der Waals surface area contributed by atoms with Gasteiger partial charge >= 0.3 is 6.03 Å². The van der Waals surface area contributed by atoms with Crippen LogP contribution in [0.3, 0.4) is 0 Å². The minimum Gasteiger partial charge on any atom is -0.365 e. The molecule has 19 heavy (non-hydrogen) atoms. The van der Waals surface area contributed by atoms with Gasteiger partial charge < -0.3 is 5.11 Å². The number of aliphatic hydroxyl groups excluding tert-OH is 1. The summed E-state index contributed by atoms with van der Waals surface area (Å²) in [4.78, 5) is 25.7. The van der Waals surface area contributed by atoms with Crippen LogP contribution in [0.4, 0.5) is 14.9 Å². The maximum atomic E-state index is 13.6. The third kappa shape index (κ3) is 2.31. The van der Waals surface area contributed by atoms with Crippen LogP contribution < -0.4 is 4.90 Å². The van der Waals surface area contributed by atoms with E-state index in [1.807, 2.05) is 6.92 Å². The maximum Gasteiger partial charge on any atom is 0.334 e. The van der Waals surface area contributed by atoms with Crippen molar-refractivity contribution in [3.8, 4) is 0 Å². The number of anilines is 1. The van der Waals surface area contributed by atoms with E-state index < -0.39 is 24.0 Å². The average molecular weight is 266 g/mol. The Morgan fingerprint density at radius 2 is 2.00 bits per heavy atom. The van der Waals surface area contributed by atoms with E-state index in [2.05, 4.69) is 0 Å². The second-order valence-electron chi connectivity index (χ2n) is 4.33. The first kappa shape index (κ1) is 13.5. The summed E-state index contributed by atoms with van der Waals surface area (Å²) in [6.07, 6.45) is -0.0374. The van der Waals surface area contributed by atoms with Gasteiger partial charge in [-0.25, -0.2) is 14.1 Å². The summed E-state index contributed by atoms with van der Waals surface area (Å²) in [5.41, 5.74) is -0.129. The van der Waals surface area contributed by atoms with Gasteiger partial charge in [-0.3, -0.25) is 9.69 Å². The van der Waals surface area contributed by atoms with E-state index in [0.717, 1.165) is 17.4 Å². The number of carbonyl (C=O) groups excluding carboxylic acids is 2. The molecule has 0 radical (unpaired) electrons. The van der Waals surface area contributed by atoms with Crippen molar-refractivity contribution in [1.82, 2.24) is 4.90 Å². The van der Waals surface area contributed by atoms with Gasteiger partial charge in [-0.2, -0.15) is 0 Å². The second-order valence-corrected chi connectivity index (χ2v) is 4.33. The summed E-state index contributed by atoms with van der Waals surface area (Å²) < 4.78 is 13.6. The number of nitrogens with zero attached hydrogens (tertiary/aromatic N) is 2. The highest BCUT2D eigenvalue weighted by Gasteiger charge is 2.45. The van der Waals surface area contributed by atoms with Crippen LogP contribution in [0.25, 0.3) is 0 Å². The number of rotatable bonds is 4. The molecule has 6 heteroatoms. The summed E-state index contributed by atoms with van der Waals surface area (Å²) in [6.45, 7) is 2.20. The number of hydrogen-bond donors (Lipinski definition) is 1. The zero-order valence-corrected chi connectivity index (χ0v) is 10.5. The first-order valence-electron chi connectivity index (χ1n) is 6.15. The van der Waals surface area contributed by atoms with Crippen molar-refractivity contribution >= 4 is 17.6 Å². The predicted molar refractivity (Wildman–Crippen MR) is 66.9 cm³/mol. The molecule has 1 aromatic rings. The molecule has 1 fully saturated rings. The van der Waals surface area contributed by atoms with Gasteiger partial charge in [0.25, 0.3) is 5.91 Å². The Balaban J connectivity index is 2.30. The number of amides is 3. The van der Waals surface area contributed by atoms with Crippen LogP contribution in [0, 0.1) is 5.82 Å². The van der Waals surface area contributed by atoms with Crippen LogP contribution in [-0.4, -0.2) is 34.7 Å². The van der Waals surface area contributed by atoms with Gasteiger partial charge in [0, 0.05) is 6.54 Å². The van der Waals surface area contributed by atoms with Crippen LogP contribution in [0.2, 0.25) is 0 Å². The van der Waals surface area contributed by atoms with Crippen LogP contribution in [-0.2, 0) is 4.79 Å². The SMILES string of the molecule is CCCCN1C(=O)N(c2ccccc2F)C(=O)C1O. The first-order chi connectivity index (χ1) is 9.07. The average Bonchev–Trinajstić information content (AvgIpc) is 2.60. The number of aliphatic hydroxyl groups is 1. The molecule has 1 aliphatic heterocycles. The summed E-state index contributed by atoms with van der Waals surface area (Å²) in [7, 11) is 0. The minimum atomic E-state index is -1.53. The van der Waals surface area contributed by atoms with Crippen molar-refractivity contribution in [1.29, 1.82) is 0 Å². The van der Waals surface area contributed by atoms with Gasteiger partial charge in [0.2, 0.25) is 6.23 Å². The van der Waals surface area contributed by atoms with Crippen LogP contribution >= 0.6 is 0 Å². The van der Waals surface area contributed by atoms with Crippen LogP contribution in [0.1, 0.15) is 19.8 Å². The molecule has 1 unspecified atom stereocenters. The lowest BCUT2D eigenvalue weighted by atomic mass is 10.3. The topological polar surface area (TPSA) is 60.9 Å². The third-order valence-corrected chi connectivity index (χ3v) is 3.02. The zero-order valence-electron chi connectivity index (χ0n) is 10.5. The minimum absolute atomic E-state index is 0.129. The number of carbonyl (C=O) groups is 2. The summed E-state index contributed by atoms with van der Waals surface area (Å²) in [6, 6.07) is 4.81. The van der Waals surface area contributed by atoms with E-state index >= 15 is 0 Å². The molecule has 0 spiro atoms. The lowest BCUT2D eigenvalue weighted by molar-refractivity contribution is -0.128. The Morgan fingerprint density at radius 1 is 1.32 bits per heavy atom. The van der Waals surface area contributed by atoms with E-state index in [1.54, 1.807) is 0 Å². The van der Waals surface area contributed by atoms with E-state index in [9.17, 15) is 19.1 Å².